The van der Waals surface area contributed by atoms with Crippen LogP contribution in [-0.4, -0.2) is 11.8 Å². The Morgan fingerprint density at radius 1 is 0.964 bits per heavy atom. The Morgan fingerprint density at radius 2 is 1.64 bits per heavy atom. The van der Waals surface area contributed by atoms with Crippen LogP contribution in [0.1, 0.15) is 41.1 Å². The Bertz CT molecular complexity index is 933. The maximum absolute atomic E-state index is 12.9. The van der Waals surface area contributed by atoms with E-state index in [2.05, 4.69) is 10.6 Å². The lowest BCUT2D eigenvalue weighted by Crippen LogP contribution is -2.36. The summed E-state index contributed by atoms with van der Waals surface area (Å²) in [7, 11) is 0. The van der Waals surface area contributed by atoms with E-state index in [0.29, 0.717) is 11.3 Å². The highest BCUT2D eigenvalue weighted by atomic mass is 16.3. The first-order valence-corrected chi connectivity index (χ1v) is 9.14. The van der Waals surface area contributed by atoms with Crippen molar-refractivity contribution in [3.63, 3.8) is 0 Å². The molecule has 2 aromatic carbocycles. The van der Waals surface area contributed by atoms with Gasteiger partial charge in [-0.05, 0) is 36.2 Å². The van der Waals surface area contributed by atoms with Gasteiger partial charge in [0.1, 0.15) is 11.5 Å². The third kappa shape index (κ3) is 4.98. The van der Waals surface area contributed by atoms with Crippen molar-refractivity contribution in [3.8, 4) is 0 Å². The summed E-state index contributed by atoms with van der Waals surface area (Å²) in [6.07, 6.45) is 3.75. The first-order valence-electron chi connectivity index (χ1n) is 9.14. The van der Waals surface area contributed by atoms with E-state index in [9.17, 15) is 9.59 Å². The van der Waals surface area contributed by atoms with Crippen LogP contribution in [0.2, 0.25) is 0 Å². The average molecular weight is 374 g/mol. The second-order valence-corrected chi connectivity index (χ2v) is 6.24. The van der Waals surface area contributed by atoms with E-state index in [1.54, 1.807) is 36.4 Å². The molecular weight excluding hydrogens is 352 g/mol. The lowest BCUT2D eigenvalue weighted by atomic mass is 10.0. The summed E-state index contributed by atoms with van der Waals surface area (Å²) >= 11 is 0. The molecule has 5 heteroatoms. The van der Waals surface area contributed by atoms with Gasteiger partial charge in [0, 0.05) is 11.6 Å². The molecule has 0 saturated heterocycles. The summed E-state index contributed by atoms with van der Waals surface area (Å²) in [5.74, 6) is -0.260. The quantitative estimate of drug-likeness (QED) is 0.605. The molecule has 1 atom stereocenters. The van der Waals surface area contributed by atoms with Gasteiger partial charge in [0.25, 0.3) is 11.8 Å². The van der Waals surface area contributed by atoms with Crippen LogP contribution < -0.4 is 10.6 Å². The van der Waals surface area contributed by atoms with Crippen molar-refractivity contribution in [1.82, 2.24) is 10.6 Å². The minimum Gasteiger partial charge on any atom is -0.465 e. The van der Waals surface area contributed by atoms with Crippen molar-refractivity contribution in [2.75, 3.05) is 0 Å². The third-order valence-corrected chi connectivity index (χ3v) is 4.27. The molecule has 28 heavy (non-hydrogen) atoms. The molecule has 1 aromatic heterocycles. The van der Waals surface area contributed by atoms with Gasteiger partial charge < -0.3 is 15.1 Å². The molecule has 0 aliphatic rings. The van der Waals surface area contributed by atoms with E-state index in [1.165, 1.54) is 12.3 Å². The van der Waals surface area contributed by atoms with Gasteiger partial charge in [-0.1, -0.05) is 55.5 Å². The van der Waals surface area contributed by atoms with Crippen molar-refractivity contribution >= 4 is 17.9 Å². The Hall–Kier alpha value is -3.60. The molecule has 0 radical (unpaired) electrons. The predicted octanol–water partition coefficient (Wildman–Crippen LogP) is 4.32. The van der Waals surface area contributed by atoms with Crippen molar-refractivity contribution in [1.29, 1.82) is 0 Å². The minimum atomic E-state index is -0.378. The molecule has 0 aliphatic heterocycles. The van der Waals surface area contributed by atoms with E-state index < -0.39 is 0 Å². The molecule has 0 spiro atoms. The number of benzene rings is 2. The molecule has 0 aliphatic carbocycles. The zero-order valence-electron chi connectivity index (χ0n) is 15.6. The van der Waals surface area contributed by atoms with Gasteiger partial charge in [-0.15, -0.1) is 0 Å². The van der Waals surface area contributed by atoms with Crippen molar-refractivity contribution in [2.24, 2.45) is 0 Å². The second kappa shape index (κ2) is 9.37. The Kier molecular flexibility index (Phi) is 6.41. The molecule has 1 heterocycles. The Morgan fingerprint density at radius 3 is 2.25 bits per heavy atom. The topological polar surface area (TPSA) is 71.3 Å². The van der Waals surface area contributed by atoms with Crippen LogP contribution in [0.4, 0.5) is 0 Å². The van der Waals surface area contributed by atoms with Crippen LogP contribution in [-0.2, 0) is 4.79 Å². The Labute approximate surface area is 164 Å². The monoisotopic (exact) mass is 374 g/mol. The number of carbonyl (C=O) groups is 2. The van der Waals surface area contributed by atoms with Gasteiger partial charge in [-0.2, -0.15) is 0 Å². The van der Waals surface area contributed by atoms with Gasteiger partial charge >= 0.3 is 0 Å². The maximum Gasteiger partial charge on any atom is 0.268 e. The number of hydrogen-bond donors (Lipinski definition) is 2. The van der Waals surface area contributed by atoms with Gasteiger partial charge in [0.15, 0.2) is 0 Å². The highest BCUT2D eigenvalue weighted by Gasteiger charge is 2.19. The molecule has 2 amide bonds. The third-order valence-electron chi connectivity index (χ3n) is 4.27. The predicted molar refractivity (Wildman–Crippen MR) is 108 cm³/mol. The standard InChI is InChI=1S/C23H22N2O3/c1-2-20(17-10-5-3-6-11-17)24-23(27)21(16-19-14-9-15-28-19)25-22(26)18-12-7-4-8-13-18/h3-16,20H,2H2,1H3,(H,24,27)(H,25,26)/b21-16-. The summed E-state index contributed by atoms with van der Waals surface area (Å²) in [5.41, 5.74) is 1.60. The van der Waals surface area contributed by atoms with E-state index in [0.717, 1.165) is 12.0 Å². The van der Waals surface area contributed by atoms with Crippen LogP contribution in [0.5, 0.6) is 0 Å². The molecule has 0 fully saturated rings. The first kappa shape index (κ1) is 19.2. The number of furan rings is 1. The average Bonchev–Trinajstić information content (AvgIpc) is 3.25. The molecule has 3 aromatic rings. The van der Waals surface area contributed by atoms with E-state index in [1.807, 2.05) is 43.3 Å². The number of rotatable bonds is 7. The Balaban J connectivity index is 1.82. The maximum atomic E-state index is 12.9. The molecule has 142 valence electrons. The molecule has 0 bridgehead atoms. The summed E-state index contributed by atoms with van der Waals surface area (Å²) in [6.45, 7) is 2.00. The van der Waals surface area contributed by atoms with Crippen LogP contribution in [0, 0.1) is 0 Å². The number of hydrogen-bond acceptors (Lipinski definition) is 3. The van der Waals surface area contributed by atoms with Gasteiger partial charge in [0.05, 0.1) is 12.3 Å². The molecule has 3 rings (SSSR count). The fourth-order valence-electron chi connectivity index (χ4n) is 2.80. The summed E-state index contributed by atoms with van der Waals surface area (Å²) < 4.78 is 5.31. The zero-order chi connectivity index (χ0) is 19.8. The van der Waals surface area contributed by atoms with Crippen molar-refractivity contribution < 1.29 is 14.0 Å². The first-order chi connectivity index (χ1) is 13.7. The number of amides is 2. The number of nitrogens with one attached hydrogen (secondary N) is 2. The molecular formula is C23H22N2O3. The summed E-state index contributed by atoms with van der Waals surface area (Å²) in [6, 6.07) is 21.8. The van der Waals surface area contributed by atoms with Crippen LogP contribution >= 0.6 is 0 Å². The largest absolute Gasteiger partial charge is 0.465 e. The highest BCUT2D eigenvalue weighted by molar-refractivity contribution is 6.05. The second-order valence-electron chi connectivity index (χ2n) is 6.24. The summed E-state index contributed by atoms with van der Waals surface area (Å²) in [5, 5.41) is 5.69. The number of carbonyl (C=O) groups excluding carboxylic acids is 2. The molecule has 1 unspecified atom stereocenters. The van der Waals surface area contributed by atoms with Gasteiger partial charge in [0.2, 0.25) is 0 Å². The lowest BCUT2D eigenvalue weighted by Gasteiger charge is -2.19. The summed E-state index contributed by atoms with van der Waals surface area (Å²) in [4.78, 5) is 25.5. The van der Waals surface area contributed by atoms with Crippen LogP contribution in [0.25, 0.3) is 6.08 Å². The highest BCUT2D eigenvalue weighted by Crippen LogP contribution is 2.17. The fraction of sp³-hybridized carbons (Fsp3) is 0.130. The van der Waals surface area contributed by atoms with Crippen molar-refractivity contribution in [3.05, 3.63) is 102 Å². The molecule has 0 saturated carbocycles. The van der Waals surface area contributed by atoms with Crippen LogP contribution in [0.3, 0.4) is 0 Å². The SMILES string of the molecule is CCC(NC(=O)/C(=C/c1ccco1)NC(=O)c1ccccc1)c1ccccc1. The van der Waals surface area contributed by atoms with Gasteiger partial charge in [-0.3, -0.25) is 9.59 Å². The normalized spacial score (nSPS) is 12.2. The van der Waals surface area contributed by atoms with Gasteiger partial charge in [-0.25, -0.2) is 0 Å². The molecule has 5 nitrogen and oxygen atoms in total. The smallest absolute Gasteiger partial charge is 0.268 e. The lowest BCUT2D eigenvalue weighted by molar-refractivity contribution is -0.118. The van der Waals surface area contributed by atoms with E-state index in [4.69, 9.17) is 4.42 Å². The zero-order valence-corrected chi connectivity index (χ0v) is 15.6. The van der Waals surface area contributed by atoms with Crippen LogP contribution in [0.15, 0.2) is 89.2 Å². The minimum absolute atomic E-state index is 0.123. The fourth-order valence-corrected chi connectivity index (χ4v) is 2.80. The van der Waals surface area contributed by atoms with E-state index >= 15 is 0 Å². The molecule has 2 N–H and O–H groups in total. The van der Waals surface area contributed by atoms with Crippen molar-refractivity contribution in [2.45, 2.75) is 19.4 Å². The van der Waals surface area contributed by atoms with E-state index in [-0.39, 0.29) is 23.6 Å².